The molecule has 4 nitrogen and oxygen atoms in total. The second-order valence-electron chi connectivity index (χ2n) is 3.54. The van der Waals surface area contributed by atoms with Crippen LogP contribution in [0.25, 0.3) is 0 Å². The summed E-state index contributed by atoms with van der Waals surface area (Å²) in [6, 6.07) is -0.541. The average Bonchev–Trinajstić information content (AvgIpc) is 2.35. The maximum atomic E-state index is 13.4. The zero-order chi connectivity index (χ0) is 14.1. The van der Waals surface area contributed by atoms with Crippen LogP contribution in [0.1, 0.15) is 11.6 Å². The van der Waals surface area contributed by atoms with Gasteiger partial charge in [0.25, 0.3) is 5.92 Å². The number of halogens is 5. The minimum absolute atomic E-state index is 0. The lowest BCUT2D eigenvalue weighted by Gasteiger charge is -2.24. The number of hydrogen-bond acceptors (Lipinski definition) is 4. The molecule has 0 bridgehead atoms. The van der Waals surface area contributed by atoms with Crippen molar-refractivity contribution in [1.29, 1.82) is 0 Å². The largest absolute Gasteiger partial charge is 0.503 e. The van der Waals surface area contributed by atoms with Gasteiger partial charge in [-0.15, -0.1) is 12.4 Å². The third kappa shape index (κ3) is 3.69. The molecule has 1 atom stereocenters. The Morgan fingerprint density at radius 2 is 1.95 bits per heavy atom. The Bertz CT molecular complexity index is 463. The Morgan fingerprint density at radius 3 is 2.37 bits per heavy atom. The fourth-order valence-electron chi connectivity index (χ4n) is 1.32. The van der Waals surface area contributed by atoms with Gasteiger partial charge >= 0.3 is 0 Å². The van der Waals surface area contributed by atoms with Crippen LogP contribution in [0.4, 0.5) is 8.78 Å². The standard InChI is InChI=1S/C10H11Br2F2NO3.ClH/c1-18-5-2-4(6(11)7(12)8(5)17)9(15)10(13,14)3-16;/h2,9,16-17H,3,15H2,1H3;1H/t9-;/m1./s1. The quantitative estimate of drug-likeness (QED) is 0.691. The first-order valence-corrected chi connectivity index (χ1v) is 6.34. The third-order valence-corrected chi connectivity index (χ3v) is 4.55. The van der Waals surface area contributed by atoms with Crippen molar-refractivity contribution in [1.82, 2.24) is 0 Å². The maximum absolute atomic E-state index is 13.4. The van der Waals surface area contributed by atoms with Gasteiger partial charge in [0.2, 0.25) is 0 Å². The summed E-state index contributed by atoms with van der Waals surface area (Å²) < 4.78 is 31.9. The van der Waals surface area contributed by atoms with Crippen LogP contribution in [-0.4, -0.2) is 29.9 Å². The lowest BCUT2D eigenvalue weighted by molar-refractivity contribution is -0.0713. The van der Waals surface area contributed by atoms with E-state index in [1.54, 1.807) is 0 Å². The number of aliphatic hydroxyl groups excluding tert-OH is 1. The van der Waals surface area contributed by atoms with Crippen LogP contribution >= 0.6 is 44.3 Å². The number of aromatic hydroxyl groups is 1. The zero-order valence-electron chi connectivity index (χ0n) is 9.66. The number of aliphatic hydroxyl groups is 1. The number of hydrogen-bond donors (Lipinski definition) is 3. The van der Waals surface area contributed by atoms with Gasteiger partial charge in [-0.2, -0.15) is 0 Å². The summed E-state index contributed by atoms with van der Waals surface area (Å²) >= 11 is 6.10. The van der Waals surface area contributed by atoms with E-state index in [1.807, 2.05) is 0 Å². The van der Waals surface area contributed by atoms with Crippen LogP contribution in [0, 0.1) is 0 Å². The molecular formula is C10H12Br2ClF2NO3. The Morgan fingerprint density at radius 1 is 1.42 bits per heavy atom. The highest BCUT2D eigenvalue weighted by Gasteiger charge is 2.39. The van der Waals surface area contributed by atoms with Gasteiger partial charge in [-0.05, 0) is 43.5 Å². The molecule has 0 aliphatic carbocycles. The number of alkyl halides is 2. The molecule has 0 aliphatic heterocycles. The van der Waals surface area contributed by atoms with Crippen LogP contribution in [0.2, 0.25) is 0 Å². The van der Waals surface area contributed by atoms with E-state index in [4.69, 9.17) is 15.6 Å². The van der Waals surface area contributed by atoms with E-state index in [1.165, 1.54) is 13.2 Å². The van der Waals surface area contributed by atoms with Crippen molar-refractivity contribution in [2.24, 2.45) is 5.73 Å². The molecule has 0 heterocycles. The summed E-state index contributed by atoms with van der Waals surface area (Å²) in [7, 11) is 1.29. The molecule has 0 aromatic heterocycles. The molecule has 0 spiro atoms. The van der Waals surface area contributed by atoms with Gasteiger partial charge < -0.3 is 20.7 Å². The Balaban J connectivity index is 0.00000324. The van der Waals surface area contributed by atoms with E-state index < -0.39 is 18.6 Å². The predicted octanol–water partition coefficient (Wildman–Crippen LogP) is 2.98. The molecule has 0 unspecified atom stereocenters. The van der Waals surface area contributed by atoms with Gasteiger partial charge in [0.05, 0.1) is 17.6 Å². The number of ether oxygens (including phenoxy) is 1. The smallest absolute Gasteiger partial charge is 0.289 e. The second kappa shape index (κ2) is 7.03. The minimum Gasteiger partial charge on any atom is -0.503 e. The highest BCUT2D eigenvalue weighted by atomic mass is 79.9. The Kier molecular flexibility index (Phi) is 6.97. The summed E-state index contributed by atoms with van der Waals surface area (Å²) in [6.45, 7) is -1.37. The second-order valence-corrected chi connectivity index (χ2v) is 5.13. The molecule has 0 saturated heterocycles. The van der Waals surface area contributed by atoms with E-state index in [0.717, 1.165) is 0 Å². The van der Waals surface area contributed by atoms with Crippen molar-refractivity contribution >= 4 is 44.3 Å². The number of nitrogens with two attached hydrogens (primary N) is 1. The monoisotopic (exact) mass is 425 g/mol. The summed E-state index contributed by atoms with van der Waals surface area (Å²) in [5, 5.41) is 18.3. The lowest BCUT2D eigenvalue weighted by Crippen LogP contribution is -2.36. The van der Waals surface area contributed by atoms with Crippen molar-refractivity contribution in [2.75, 3.05) is 13.7 Å². The summed E-state index contributed by atoms with van der Waals surface area (Å²) in [4.78, 5) is 0. The average molecular weight is 427 g/mol. The SMILES string of the molecule is COc1cc([C@@H](N)C(F)(F)CO)c(Br)c(Br)c1O.Cl. The minimum atomic E-state index is -3.48. The molecule has 19 heavy (non-hydrogen) atoms. The van der Waals surface area contributed by atoms with Gasteiger partial charge in [-0.3, -0.25) is 0 Å². The summed E-state index contributed by atoms with van der Waals surface area (Å²) in [5.41, 5.74) is 5.44. The van der Waals surface area contributed by atoms with Gasteiger partial charge in [-0.25, -0.2) is 8.78 Å². The number of phenols is 1. The first kappa shape index (κ1) is 18.9. The molecule has 0 fully saturated rings. The maximum Gasteiger partial charge on any atom is 0.289 e. The highest BCUT2D eigenvalue weighted by molar-refractivity contribution is 9.13. The molecule has 0 amide bonds. The van der Waals surface area contributed by atoms with Gasteiger partial charge in [0.1, 0.15) is 6.61 Å². The number of benzene rings is 1. The van der Waals surface area contributed by atoms with Crippen molar-refractivity contribution < 1.29 is 23.7 Å². The Labute approximate surface area is 131 Å². The molecule has 4 N–H and O–H groups in total. The van der Waals surface area contributed by atoms with E-state index in [-0.39, 0.29) is 38.4 Å². The molecule has 110 valence electrons. The fraction of sp³-hybridized carbons (Fsp3) is 0.400. The van der Waals surface area contributed by atoms with E-state index in [2.05, 4.69) is 31.9 Å². The van der Waals surface area contributed by atoms with E-state index >= 15 is 0 Å². The van der Waals surface area contributed by atoms with Crippen molar-refractivity contribution in [3.8, 4) is 11.5 Å². The number of phenolic OH excluding ortho intramolecular Hbond substituents is 1. The first-order chi connectivity index (χ1) is 8.26. The molecule has 1 aromatic rings. The summed E-state index contributed by atoms with van der Waals surface area (Å²) in [5.74, 6) is -3.71. The molecule has 0 radical (unpaired) electrons. The topological polar surface area (TPSA) is 75.7 Å². The van der Waals surface area contributed by atoms with E-state index in [9.17, 15) is 13.9 Å². The molecule has 0 aliphatic rings. The van der Waals surface area contributed by atoms with Crippen LogP contribution in [0.3, 0.4) is 0 Å². The molecule has 0 saturated carbocycles. The van der Waals surface area contributed by atoms with E-state index in [0.29, 0.717) is 0 Å². The van der Waals surface area contributed by atoms with Gasteiger partial charge in [0, 0.05) is 4.47 Å². The molecule has 1 aromatic carbocycles. The number of rotatable bonds is 4. The van der Waals surface area contributed by atoms with Crippen LogP contribution in [0.5, 0.6) is 11.5 Å². The summed E-state index contributed by atoms with van der Waals surface area (Å²) in [6.07, 6.45) is 0. The molecular weight excluding hydrogens is 415 g/mol. The fourth-order valence-corrected chi connectivity index (χ4v) is 2.29. The van der Waals surface area contributed by atoms with Gasteiger partial charge in [-0.1, -0.05) is 0 Å². The van der Waals surface area contributed by atoms with Crippen LogP contribution < -0.4 is 10.5 Å². The van der Waals surface area contributed by atoms with Crippen LogP contribution in [0.15, 0.2) is 15.0 Å². The predicted molar refractivity (Wildman–Crippen MR) is 76.3 cm³/mol. The lowest BCUT2D eigenvalue weighted by atomic mass is 10.0. The molecule has 9 heteroatoms. The third-order valence-electron chi connectivity index (χ3n) is 2.39. The number of methoxy groups -OCH3 is 1. The highest BCUT2D eigenvalue weighted by Crippen LogP contribution is 2.45. The zero-order valence-corrected chi connectivity index (χ0v) is 13.7. The van der Waals surface area contributed by atoms with Crippen molar-refractivity contribution in [3.05, 3.63) is 20.6 Å². The van der Waals surface area contributed by atoms with Crippen LogP contribution in [-0.2, 0) is 0 Å². The normalized spacial score (nSPS) is 12.8. The first-order valence-electron chi connectivity index (χ1n) is 4.75. The van der Waals surface area contributed by atoms with Gasteiger partial charge in [0.15, 0.2) is 11.5 Å². The Hall–Kier alpha value is -0.150. The van der Waals surface area contributed by atoms with Crippen molar-refractivity contribution in [2.45, 2.75) is 12.0 Å². The molecule has 1 rings (SSSR count). The van der Waals surface area contributed by atoms with Crippen molar-refractivity contribution in [3.63, 3.8) is 0 Å².